The first-order chi connectivity index (χ1) is 7.25. The maximum absolute atomic E-state index is 4.21. The van der Waals surface area contributed by atoms with Gasteiger partial charge in [-0.1, -0.05) is 22.0 Å². The summed E-state index contributed by atoms with van der Waals surface area (Å²) in [7, 11) is 0. The Balaban J connectivity index is 2.26. The second-order valence-corrected chi connectivity index (χ2v) is 4.04. The first-order valence-corrected chi connectivity index (χ1v) is 5.35. The topological polar surface area (TPSA) is 37.8 Å². The molecule has 1 aromatic carbocycles. The van der Waals surface area contributed by atoms with Crippen LogP contribution in [0.5, 0.6) is 0 Å². The van der Waals surface area contributed by atoms with E-state index in [1.54, 1.807) is 12.4 Å². The summed E-state index contributed by atoms with van der Waals surface area (Å²) in [5.74, 6) is 0.788. The molecule has 0 unspecified atom stereocenters. The highest BCUT2D eigenvalue weighted by molar-refractivity contribution is 9.10. The molecule has 0 atom stereocenters. The van der Waals surface area contributed by atoms with Gasteiger partial charge in [0.1, 0.15) is 0 Å². The molecule has 2 aromatic rings. The van der Waals surface area contributed by atoms with Gasteiger partial charge in [-0.05, 0) is 25.1 Å². The standard InChI is InChI=1S/C11H10BrN3/c1-8-11(14-6-5-13-8)15-10-4-2-3-9(12)7-10/h2-7H,1H3,(H,14,15). The van der Waals surface area contributed by atoms with Crippen LogP contribution in [0.15, 0.2) is 41.1 Å². The molecule has 0 bridgehead atoms. The van der Waals surface area contributed by atoms with Crippen LogP contribution in [0.1, 0.15) is 5.69 Å². The molecule has 1 aromatic heterocycles. The van der Waals surface area contributed by atoms with Gasteiger partial charge in [-0.25, -0.2) is 4.98 Å². The van der Waals surface area contributed by atoms with E-state index in [0.717, 1.165) is 21.7 Å². The molecule has 0 fully saturated rings. The van der Waals surface area contributed by atoms with Crippen LogP contribution in [0, 0.1) is 6.92 Å². The second-order valence-electron chi connectivity index (χ2n) is 3.13. The third kappa shape index (κ3) is 2.53. The highest BCUT2D eigenvalue weighted by Crippen LogP contribution is 2.19. The Labute approximate surface area is 96.7 Å². The van der Waals surface area contributed by atoms with Crippen molar-refractivity contribution in [2.24, 2.45) is 0 Å². The first-order valence-electron chi connectivity index (χ1n) is 4.56. The first kappa shape index (κ1) is 10.1. The minimum atomic E-state index is 0.788. The van der Waals surface area contributed by atoms with Crippen molar-refractivity contribution in [3.8, 4) is 0 Å². The van der Waals surface area contributed by atoms with Gasteiger partial charge in [-0.2, -0.15) is 0 Å². The molecule has 76 valence electrons. The molecule has 0 radical (unpaired) electrons. The van der Waals surface area contributed by atoms with Gasteiger partial charge in [0.05, 0.1) is 5.69 Å². The second kappa shape index (κ2) is 4.40. The predicted octanol–water partition coefficient (Wildman–Crippen LogP) is 3.29. The van der Waals surface area contributed by atoms with Crippen molar-refractivity contribution < 1.29 is 0 Å². The zero-order chi connectivity index (χ0) is 10.7. The van der Waals surface area contributed by atoms with Crippen LogP contribution >= 0.6 is 15.9 Å². The third-order valence-electron chi connectivity index (χ3n) is 1.97. The summed E-state index contributed by atoms with van der Waals surface area (Å²) in [5.41, 5.74) is 1.88. The summed E-state index contributed by atoms with van der Waals surface area (Å²) in [6.07, 6.45) is 3.36. The fraction of sp³-hybridized carbons (Fsp3) is 0.0909. The Hall–Kier alpha value is -1.42. The molecule has 0 amide bonds. The molecular formula is C11H10BrN3. The third-order valence-corrected chi connectivity index (χ3v) is 2.46. The number of nitrogens with one attached hydrogen (secondary N) is 1. The van der Waals surface area contributed by atoms with Crippen LogP contribution in [-0.4, -0.2) is 9.97 Å². The molecule has 1 N–H and O–H groups in total. The Kier molecular flexibility index (Phi) is 2.97. The normalized spacial score (nSPS) is 10.0. The Bertz CT molecular complexity index is 471. The average molecular weight is 264 g/mol. The summed E-state index contributed by atoms with van der Waals surface area (Å²) in [4.78, 5) is 8.38. The lowest BCUT2D eigenvalue weighted by Crippen LogP contribution is -1.97. The van der Waals surface area contributed by atoms with Gasteiger partial charge >= 0.3 is 0 Å². The molecule has 0 aliphatic heterocycles. The van der Waals surface area contributed by atoms with Crippen LogP contribution in [0.25, 0.3) is 0 Å². The molecular weight excluding hydrogens is 254 g/mol. The number of hydrogen-bond acceptors (Lipinski definition) is 3. The number of hydrogen-bond donors (Lipinski definition) is 1. The van der Waals surface area contributed by atoms with Gasteiger partial charge in [-0.3, -0.25) is 4.98 Å². The Morgan fingerprint density at radius 1 is 1.20 bits per heavy atom. The Morgan fingerprint density at radius 2 is 2.00 bits per heavy atom. The quantitative estimate of drug-likeness (QED) is 0.904. The van der Waals surface area contributed by atoms with Gasteiger partial charge in [0, 0.05) is 22.6 Å². The van der Waals surface area contributed by atoms with Crippen molar-refractivity contribution in [3.05, 3.63) is 46.8 Å². The monoisotopic (exact) mass is 263 g/mol. The van der Waals surface area contributed by atoms with Gasteiger partial charge < -0.3 is 5.32 Å². The molecule has 15 heavy (non-hydrogen) atoms. The molecule has 3 nitrogen and oxygen atoms in total. The Morgan fingerprint density at radius 3 is 2.73 bits per heavy atom. The van der Waals surface area contributed by atoms with Gasteiger partial charge in [0.2, 0.25) is 0 Å². The van der Waals surface area contributed by atoms with E-state index in [1.165, 1.54) is 0 Å². The van der Waals surface area contributed by atoms with Crippen LogP contribution in [0.2, 0.25) is 0 Å². The zero-order valence-electron chi connectivity index (χ0n) is 8.24. The highest BCUT2D eigenvalue weighted by atomic mass is 79.9. The summed E-state index contributed by atoms with van der Waals surface area (Å²) < 4.78 is 1.04. The summed E-state index contributed by atoms with van der Waals surface area (Å²) >= 11 is 3.42. The molecule has 1 heterocycles. The highest BCUT2D eigenvalue weighted by Gasteiger charge is 2.00. The molecule has 4 heteroatoms. The van der Waals surface area contributed by atoms with Crippen LogP contribution in [0.3, 0.4) is 0 Å². The van der Waals surface area contributed by atoms with Crippen LogP contribution in [0.4, 0.5) is 11.5 Å². The number of anilines is 2. The minimum Gasteiger partial charge on any atom is -0.339 e. The number of aromatic nitrogens is 2. The zero-order valence-corrected chi connectivity index (χ0v) is 9.82. The van der Waals surface area contributed by atoms with Crippen molar-refractivity contribution in [1.29, 1.82) is 0 Å². The smallest absolute Gasteiger partial charge is 0.151 e. The SMILES string of the molecule is Cc1nccnc1Nc1cccc(Br)c1. The maximum atomic E-state index is 4.21. The average Bonchev–Trinajstić information content (AvgIpc) is 2.22. The van der Waals surface area contributed by atoms with Crippen LogP contribution < -0.4 is 5.32 Å². The summed E-state index contributed by atoms with van der Waals surface area (Å²) in [5, 5.41) is 3.21. The lowest BCUT2D eigenvalue weighted by Gasteiger charge is -2.07. The van der Waals surface area contributed by atoms with Crippen molar-refractivity contribution in [1.82, 2.24) is 9.97 Å². The van der Waals surface area contributed by atoms with Crippen molar-refractivity contribution >= 4 is 27.4 Å². The van der Waals surface area contributed by atoms with Crippen molar-refractivity contribution in [2.75, 3.05) is 5.32 Å². The molecule has 0 aliphatic rings. The lowest BCUT2D eigenvalue weighted by atomic mass is 10.3. The number of benzene rings is 1. The molecule has 0 spiro atoms. The van der Waals surface area contributed by atoms with E-state index in [1.807, 2.05) is 31.2 Å². The number of rotatable bonds is 2. The number of halogens is 1. The maximum Gasteiger partial charge on any atom is 0.151 e. The summed E-state index contributed by atoms with van der Waals surface area (Å²) in [6.45, 7) is 1.92. The van der Waals surface area contributed by atoms with E-state index in [0.29, 0.717) is 0 Å². The van der Waals surface area contributed by atoms with E-state index in [-0.39, 0.29) is 0 Å². The largest absolute Gasteiger partial charge is 0.339 e. The van der Waals surface area contributed by atoms with E-state index in [9.17, 15) is 0 Å². The van der Waals surface area contributed by atoms with Crippen LogP contribution in [-0.2, 0) is 0 Å². The minimum absolute atomic E-state index is 0.788. The lowest BCUT2D eigenvalue weighted by molar-refractivity contribution is 1.12. The van der Waals surface area contributed by atoms with Crippen molar-refractivity contribution in [3.63, 3.8) is 0 Å². The summed E-state index contributed by atoms with van der Waals surface area (Å²) in [6, 6.07) is 7.93. The van der Waals surface area contributed by atoms with E-state index >= 15 is 0 Å². The van der Waals surface area contributed by atoms with E-state index in [2.05, 4.69) is 31.2 Å². The van der Waals surface area contributed by atoms with E-state index < -0.39 is 0 Å². The predicted molar refractivity (Wildman–Crippen MR) is 64.2 cm³/mol. The number of nitrogens with zero attached hydrogens (tertiary/aromatic N) is 2. The molecule has 0 aliphatic carbocycles. The van der Waals surface area contributed by atoms with Crippen molar-refractivity contribution in [2.45, 2.75) is 6.92 Å². The molecule has 2 rings (SSSR count). The molecule has 0 saturated heterocycles. The van der Waals surface area contributed by atoms with E-state index in [4.69, 9.17) is 0 Å². The number of aryl methyl sites for hydroxylation is 1. The van der Waals surface area contributed by atoms with Gasteiger partial charge in [0.25, 0.3) is 0 Å². The fourth-order valence-electron chi connectivity index (χ4n) is 1.23. The molecule has 0 saturated carbocycles. The fourth-order valence-corrected chi connectivity index (χ4v) is 1.63. The van der Waals surface area contributed by atoms with Gasteiger partial charge in [-0.15, -0.1) is 0 Å². The van der Waals surface area contributed by atoms with Gasteiger partial charge in [0.15, 0.2) is 5.82 Å².